The van der Waals surface area contributed by atoms with Crippen LogP contribution in [0.5, 0.6) is 11.5 Å². The zero-order chi connectivity index (χ0) is 15.4. The van der Waals surface area contributed by atoms with E-state index < -0.39 is 11.8 Å². The van der Waals surface area contributed by atoms with Crippen molar-refractivity contribution in [2.45, 2.75) is 0 Å². The van der Waals surface area contributed by atoms with E-state index in [1.165, 1.54) is 36.4 Å². The lowest BCUT2D eigenvalue weighted by atomic mass is 10.0. The third-order valence-electron chi connectivity index (χ3n) is 2.83. The third-order valence-corrected chi connectivity index (χ3v) is 2.83. The van der Waals surface area contributed by atoms with Crippen molar-refractivity contribution in [1.82, 2.24) is 0 Å². The zero-order valence-corrected chi connectivity index (χ0v) is 10.9. The number of ketones is 1. The number of aromatic hydroxyl groups is 2. The van der Waals surface area contributed by atoms with Crippen LogP contribution < -0.4 is 0 Å². The fourth-order valence-electron chi connectivity index (χ4n) is 1.71. The van der Waals surface area contributed by atoms with Crippen LogP contribution in [-0.2, 0) is 0 Å². The highest BCUT2D eigenvalue weighted by Gasteiger charge is 2.12. The SMILES string of the molecule is O=C(O)c1ccc(O)c(C(=O)/C=C/c2ccc(O)cc2)c1. The van der Waals surface area contributed by atoms with Crippen molar-refractivity contribution < 1.29 is 24.9 Å². The second kappa shape index (κ2) is 5.92. The van der Waals surface area contributed by atoms with Crippen molar-refractivity contribution in [3.8, 4) is 11.5 Å². The van der Waals surface area contributed by atoms with Crippen molar-refractivity contribution in [2.24, 2.45) is 0 Å². The van der Waals surface area contributed by atoms with Gasteiger partial charge in [-0.25, -0.2) is 4.79 Å². The molecule has 0 spiro atoms. The summed E-state index contributed by atoms with van der Waals surface area (Å²) >= 11 is 0. The second-order valence-electron chi connectivity index (χ2n) is 4.33. The lowest BCUT2D eigenvalue weighted by Crippen LogP contribution is -2.01. The molecule has 0 saturated carbocycles. The van der Waals surface area contributed by atoms with Gasteiger partial charge in [-0.1, -0.05) is 18.2 Å². The summed E-state index contributed by atoms with van der Waals surface area (Å²) in [6, 6.07) is 9.71. The summed E-state index contributed by atoms with van der Waals surface area (Å²) in [6.07, 6.45) is 2.74. The standard InChI is InChI=1S/C16H12O5/c17-12-5-1-10(2-6-12)3-7-14(18)13-9-11(16(20)21)4-8-15(13)19/h1-9,17,19H,(H,20,21)/b7-3+. The van der Waals surface area contributed by atoms with Gasteiger partial charge in [-0.2, -0.15) is 0 Å². The molecule has 0 bridgehead atoms. The highest BCUT2D eigenvalue weighted by molar-refractivity contribution is 6.09. The van der Waals surface area contributed by atoms with Crippen LogP contribution in [0.1, 0.15) is 26.3 Å². The first-order valence-corrected chi connectivity index (χ1v) is 6.05. The fourth-order valence-corrected chi connectivity index (χ4v) is 1.71. The largest absolute Gasteiger partial charge is 0.508 e. The average Bonchev–Trinajstić information content (AvgIpc) is 2.46. The fraction of sp³-hybridized carbons (Fsp3) is 0. The van der Waals surface area contributed by atoms with E-state index in [2.05, 4.69) is 0 Å². The lowest BCUT2D eigenvalue weighted by molar-refractivity contribution is 0.0697. The van der Waals surface area contributed by atoms with Gasteiger partial charge < -0.3 is 15.3 Å². The van der Waals surface area contributed by atoms with E-state index in [1.807, 2.05) is 0 Å². The molecule has 0 aliphatic carbocycles. The molecule has 3 N–H and O–H groups in total. The molecule has 0 atom stereocenters. The molecular formula is C16H12O5. The Hall–Kier alpha value is -3.08. The van der Waals surface area contributed by atoms with Crippen LogP contribution in [-0.4, -0.2) is 27.1 Å². The number of hydrogen-bond acceptors (Lipinski definition) is 4. The first-order chi connectivity index (χ1) is 9.97. The molecule has 2 aromatic rings. The third kappa shape index (κ3) is 3.48. The molecule has 2 rings (SSSR count). The second-order valence-corrected chi connectivity index (χ2v) is 4.33. The molecule has 0 fully saturated rings. The molecule has 0 unspecified atom stereocenters. The van der Waals surface area contributed by atoms with Crippen LogP contribution in [0.2, 0.25) is 0 Å². The predicted molar refractivity (Wildman–Crippen MR) is 76.5 cm³/mol. The Kier molecular flexibility index (Phi) is 4.04. The molecule has 0 radical (unpaired) electrons. The van der Waals surface area contributed by atoms with Gasteiger partial charge in [-0.3, -0.25) is 4.79 Å². The molecule has 0 heterocycles. The molecule has 0 aliphatic heterocycles. The Morgan fingerprint density at radius 2 is 1.62 bits per heavy atom. The topological polar surface area (TPSA) is 94.8 Å². The molecule has 0 saturated heterocycles. The van der Waals surface area contributed by atoms with Gasteiger partial charge in [0.2, 0.25) is 0 Å². The summed E-state index contributed by atoms with van der Waals surface area (Å²) in [7, 11) is 0. The molecule has 0 aliphatic rings. The highest BCUT2D eigenvalue weighted by Crippen LogP contribution is 2.20. The van der Waals surface area contributed by atoms with Gasteiger partial charge in [0.05, 0.1) is 11.1 Å². The van der Waals surface area contributed by atoms with Crippen LogP contribution in [0.4, 0.5) is 0 Å². The smallest absolute Gasteiger partial charge is 0.335 e. The first kappa shape index (κ1) is 14.3. The summed E-state index contributed by atoms with van der Waals surface area (Å²) in [6.45, 7) is 0. The Bertz CT molecular complexity index is 714. The number of rotatable bonds is 4. The zero-order valence-electron chi connectivity index (χ0n) is 10.9. The van der Waals surface area contributed by atoms with Gasteiger partial charge in [-0.05, 0) is 42.0 Å². The molecule has 5 nitrogen and oxygen atoms in total. The number of phenols is 2. The molecule has 21 heavy (non-hydrogen) atoms. The van der Waals surface area contributed by atoms with E-state index in [9.17, 15) is 14.7 Å². The Balaban J connectivity index is 2.25. The van der Waals surface area contributed by atoms with Gasteiger partial charge in [-0.15, -0.1) is 0 Å². The van der Waals surface area contributed by atoms with Crippen molar-refractivity contribution in [3.05, 3.63) is 65.2 Å². The molecular weight excluding hydrogens is 272 g/mol. The lowest BCUT2D eigenvalue weighted by Gasteiger charge is -2.02. The number of allylic oxidation sites excluding steroid dienone is 1. The number of carbonyl (C=O) groups is 2. The number of carboxylic acids is 1. The van der Waals surface area contributed by atoms with E-state index in [-0.39, 0.29) is 22.6 Å². The van der Waals surface area contributed by atoms with E-state index in [0.29, 0.717) is 5.56 Å². The number of carbonyl (C=O) groups excluding carboxylic acids is 1. The predicted octanol–water partition coefficient (Wildman–Crippen LogP) is 2.69. The van der Waals surface area contributed by atoms with E-state index in [0.717, 1.165) is 6.07 Å². The average molecular weight is 284 g/mol. The maximum Gasteiger partial charge on any atom is 0.335 e. The Morgan fingerprint density at radius 1 is 0.952 bits per heavy atom. The van der Waals surface area contributed by atoms with Crippen molar-refractivity contribution in [1.29, 1.82) is 0 Å². The molecule has 0 amide bonds. The van der Waals surface area contributed by atoms with Crippen LogP contribution in [0, 0.1) is 0 Å². The van der Waals surface area contributed by atoms with E-state index in [4.69, 9.17) is 10.2 Å². The number of aromatic carboxylic acids is 1. The van der Waals surface area contributed by atoms with E-state index >= 15 is 0 Å². The van der Waals surface area contributed by atoms with Crippen molar-refractivity contribution in [3.63, 3.8) is 0 Å². The first-order valence-electron chi connectivity index (χ1n) is 6.05. The number of carboxylic acid groups (broad SMARTS) is 1. The van der Waals surface area contributed by atoms with Crippen LogP contribution in [0.25, 0.3) is 6.08 Å². The monoisotopic (exact) mass is 284 g/mol. The summed E-state index contributed by atoms with van der Waals surface area (Å²) in [5, 5.41) is 27.7. The maximum absolute atomic E-state index is 12.0. The minimum absolute atomic E-state index is 0.0748. The van der Waals surface area contributed by atoms with Crippen molar-refractivity contribution >= 4 is 17.8 Å². The van der Waals surface area contributed by atoms with Gasteiger partial charge in [0.1, 0.15) is 11.5 Å². The van der Waals surface area contributed by atoms with E-state index in [1.54, 1.807) is 12.1 Å². The Labute approximate surface area is 120 Å². The maximum atomic E-state index is 12.0. The summed E-state index contributed by atoms with van der Waals surface area (Å²) < 4.78 is 0. The van der Waals surface area contributed by atoms with Gasteiger partial charge in [0, 0.05) is 0 Å². The van der Waals surface area contributed by atoms with Crippen LogP contribution in [0.15, 0.2) is 48.5 Å². The number of hydrogen-bond donors (Lipinski definition) is 3. The van der Waals surface area contributed by atoms with Gasteiger partial charge in [0.15, 0.2) is 5.78 Å². The van der Waals surface area contributed by atoms with Crippen LogP contribution >= 0.6 is 0 Å². The quantitative estimate of drug-likeness (QED) is 0.592. The van der Waals surface area contributed by atoms with Crippen molar-refractivity contribution in [2.75, 3.05) is 0 Å². The summed E-state index contributed by atoms with van der Waals surface area (Å²) in [4.78, 5) is 22.9. The molecule has 2 aromatic carbocycles. The molecule has 5 heteroatoms. The highest BCUT2D eigenvalue weighted by atomic mass is 16.4. The minimum atomic E-state index is -1.17. The van der Waals surface area contributed by atoms with Crippen LogP contribution in [0.3, 0.4) is 0 Å². The minimum Gasteiger partial charge on any atom is -0.508 e. The molecule has 0 aromatic heterocycles. The molecule has 106 valence electrons. The number of benzene rings is 2. The van der Waals surface area contributed by atoms with Gasteiger partial charge in [0.25, 0.3) is 0 Å². The Morgan fingerprint density at radius 3 is 2.24 bits per heavy atom. The summed E-state index contributed by atoms with van der Waals surface area (Å²) in [5.74, 6) is -1.85. The van der Waals surface area contributed by atoms with Gasteiger partial charge >= 0.3 is 5.97 Å². The number of phenolic OH excluding ortho intramolecular Hbond substituents is 2. The summed E-state index contributed by atoms with van der Waals surface area (Å²) in [5.41, 5.74) is 0.536. The normalized spacial score (nSPS) is 10.7.